The second-order valence-corrected chi connectivity index (χ2v) is 7.59. The quantitative estimate of drug-likeness (QED) is 0.787. The molecule has 2 amide bonds. The lowest BCUT2D eigenvalue weighted by Crippen LogP contribution is -2.20. The molecule has 0 aromatic heterocycles. The maximum absolute atomic E-state index is 12.1. The molecule has 0 radical (unpaired) electrons. The zero-order valence-corrected chi connectivity index (χ0v) is 14.7. The molecule has 0 unspecified atom stereocenters. The molecule has 25 heavy (non-hydrogen) atoms. The van der Waals surface area contributed by atoms with E-state index in [1.54, 1.807) is 49.5 Å². The molecule has 0 bridgehead atoms. The molecular weight excluding hydrogens is 340 g/mol. The third kappa shape index (κ3) is 5.72. The molecule has 7 heteroatoms. The van der Waals surface area contributed by atoms with Gasteiger partial charge in [-0.25, -0.2) is 8.42 Å². The van der Waals surface area contributed by atoms with Crippen LogP contribution < -0.4 is 10.6 Å². The predicted molar refractivity (Wildman–Crippen MR) is 96.0 cm³/mol. The lowest BCUT2D eigenvalue weighted by Gasteiger charge is -2.07. The molecule has 0 heterocycles. The summed E-state index contributed by atoms with van der Waals surface area (Å²) < 4.78 is 24.3. The largest absolute Gasteiger partial charge is 0.359 e. The molecule has 0 saturated carbocycles. The van der Waals surface area contributed by atoms with Crippen LogP contribution in [0.2, 0.25) is 0 Å². The van der Waals surface area contributed by atoms with Gasteiger partial charge in [0.15, 0.2) is 9.84 Å². The van der Waals surface area contributed by atoms with Crippen LogP contribution in [0.1, 0.15) is 12.0 Å². The number of hydrogen-bond donors (Lipinski definition) is 2. The zero-order chi connectivity index (χ0) is 18.3. The summed E-state index contributed by atoms with van der Waals surface area (Å²) in [5.41, 5.74) is 1.38. The highest BCUT2D eigenvalue weighted by atomic mass is 32.2. The van der Waals surface area contributed by atoms with Crippen LogP contribution in [0.4, 0.5) is 5.69 Å². The molecule has 0 saturated heterocycles. The van der Waals surface area contributed by atoms with Crippen LogP contribution in [0, 0.1) is 0 Å². The second-order valence-electron chi connectivity index (χ2n) is 5.48. The van der Waals surface area contributed by atoms with Crippen molar-refractivity contribution in [3.8, 4) is 0 Å². The molecule has 2 rings (SSSR count). The summed E-state index contributed by atoms with van der Waals surface area (Å²) in [5, 5.41) is 5.20. The molecule has 132 valence electrons. The fourth-order valence-electron chi connectivity index (χ4n) is 2.18. The monoisotopic (exact) mass is 360 g/mol. The van der Waals surface area contributed by atoms with Crippen LogP contribution in [0.25, 0.3) is 0 Å². The first kappa shape index (κ1) is 18.7. The van der Waals surface area contributed by atoms with Gasteiger partial charge in [-0.2, -0.15) is 0 Å². The second kappa shape index (κ2) is 8.43. The van der Waals surface area contributed by atoms with Gasteiger partial charge in [0.05, 0.1) is 17.1 Å². The Kier molecular flexibility index (Phi) is 6.30. The number of sulfone groups is 1. The summed E-state index contributed by atoms with van der Waals surface area (Å²) in [6, 6.07) is 14.9. The Labute approximate surface area is 147 Å². The van der Waals surface area contributed by atoms with Gasteiger partial charge < -0.3 is 10.6 Å². The molecule has 0 aliphatic carbocycles. The van der Waals surface area contributed by atoms with Crippen molar-refractivity contribution in [1.82, 2.24) is 5.32 Å². The van der Waals surface area contributed by atoms with Crippen molar-refractivity contribution in [1.29, 1.82) is 0 Å². The molecule has 0 atom stereocenters. The van der Waals surface area contributed by atoms with E-state index in [0.29, 0.717) is 5.69 Å². The third-order valence-electron chi connectivity index (χ3n) is 3.58. The van der Waals surface area contributed by atoms with Gasteiger partial charge >= 0.3 is 0 Å². The van der Waals surface area contributed by atoms with Crippen molar-refractivity contribution in [3.05, 3.63) is 60.2 Å². The molecule has 2 aromatic rings. The summed E-state index contributed by atoms with van der Waals surface area (Å²) in [6.45, 7) is 0. The van der Waals surface area contributed by atoms with E-state index in [-0.39, 0.29) is 35.3 Å². The number of nitrogens with one attached hydrogen (secondary N) is 2. The first-order valence-electron chi connectivity index (χ1n) is 7.78. The number of carbonyl (C=O) groups excluding carboxylic acids is 2. The van der Waals surface area contributed by atoms with Crippen molar-refractivity contribution in [2.75, 3.05) is 18.1 Å². The van der Waals surface area contributed by atoms with Gasteiger partial charge in [0.2, 0.25) is 11.8 Å². The van der Waals surface area contributed by atoms with Crippen LogP contribution in [-0.4, -0.2) is 33.0 Å². The molecule has 0 aliphatic heterocycles. The number of likely N-dealkylation sites (N-methyl/N-ethyl adjacent to an activating group) is 1. The highest BCUT2D eigenvalue weighted by Gasteiger charge is 2.16. The minimum atomic E-state index is -3.48. The Balaban J connectivity index is 1.89. The number of hydrogen-bond acceptors (Lipinski definition) is 4. The normalized spacial score (nSPS) is 10.9. The van der Waals surface area contributed by atoms with Gasteiger partial charge in [-0.05, 0) is 29.8 Å². The Hall–Kier alpha value is -2.67. The highest BCUT2D eigenvalue weighted by Crippen LogP contribution is 2.13. The molecule has 2 N–H and O–H groups in total. The minimum Gasteiger partial charge on any atom is -0.359 e. The molecule has 0 fully saturated rings. The first-order valence-corrected chi connectivity index (χ1v) is 9.43. The fourth-order valence-corrected chi connectivity index (χ4v) is 3.44. The van der Waals surface area contributed by atoms with Gasteiger partial charge in [0.25, 0.3) is 0 Å². The van der Waals surface area contributed by atoms with Gasteiger partial charge in [0, 0.05) is 19.2 Å². The standard InChI is InChI=1S/C18H20N2O4S/c1-19-18(22)13-14-7-9-15(10-8-14)20-17(21)11-12-25(23,24)16-5-3-2-4-6-16/h2-10H,11-13H2,1H3,(H,19,22)(H,20,21). The number of anilines is 1. The predicted octanol–water partition coefficient (Wildman–Crippen LogP) is 1.78. The Bertz CT molecular complexity index is 831. The lowest BCUT2D eigenvalue weighted by molar-refractivity contribution is -0.120. The van der Waals surface area contributed by atoms with Crippen LogP contribution in [0.3, 0.4) is 0 Å². The van der Waals surface area contributed by atoms with E-state index in [0.717, 1.165) is 5.56 Å². The van der Waals surface area contributed by atoms with E-state index in [9.17, 15) is 18.0 Å². The molecule has 0 aliphatic rings. The summed E-state index contributed by atoms with van der Waals surface area (Å²) in [4.78, 5) is 23.5. The number of benzene rings is 2. The third-order valence-corrected chi connectivity index (χ3v) is 5.31. The molecule has 2 aromatic carbocycles. The van der Waals surface area contributed by atoms with Crippen molar-refractivity contribution >= 4 is 27.3 Å². The summed E-state index contributed by atoms with van der Waals surface area (Å²) in [6.07, 6.45) is 0.136. The number of rotatable bonds is 7. The van der Waals surface area contributed by atoms with Gasteiger partial charge in [-0.15, -0.1) is 0 Å². The summed E-state index contributed by atoms with van der Waals surface area (Å²) in [7, 11) is -1.91. The van der Waals surface area contributed by atoms with Gasteiger partial charge in [-0.1, -0.05) is 30.3 Å². The summed E-state index contributed by atoms with van der Waals surface area (Å²) in [5.74, 6) is -0.723. The van der Waals surface area contributed by atoms with Crippen LogP contribution in [0.15, 0.2) is 59.5 Å². The van der Waals surface area contributed by atoms with E-state index >= 15 is 0 Å². The molecular formula is C18H20N2O4S. The van der Waals surface area contributed by atoms with E-state index in [2.05, 4.69) is 10.6 Å². The average molecular weight is 360 g/mol. The zero-order valence-electron chi connectivity index (χ0n) is 13.9. The number of carbonyl (C=O) groups is 2. The topological polar surface area (TPSA) is 92.3 Å². The van der Waals surface area contributed by atoms with E-state index in [1.165, 1.54) is 12.1 Å². The van der Waals surface area contributed by atoms with Crippen LogP contribution in [0.5, 0.6) is 0 Å². The average Bonchev–Trinajstić information content (AvgIpc) is 2.62. The van der Waals surface area contributed by atoms with Crippen molar-refractivity contribution < 1.29 is 18.0 Å². The van der Waals surface area contributed by atoms with Crippen molar-refractivity contribution in [2.45, 2.75) is 17.7 Å². The van der Waals surface area contributed by atoms with Crippen LogP contribution in [-0.2, 0) is 25.8 Å². The smallest absolute Gasteiger partial charge is 0.225 e. The highest BCUT2D eigenvalue weighted by molar-refractivity contribution is 7.91. The van der Waals surface area contributed by atoms with E-state index in [4.69, 9.17) is 0 Å². The van der Waals surface area contributed by atoms with E-state index in [1.807, 2.05) is 0 Å². The number of amides is 2. The Morgan fingerprint density at radius 3 is 2.16 bits per heavy atom. The lowest BCUT2D eigenvalue weighted by atomic mass is 10.1. The maximum Gasteiger partial charge on any atom is 0.225 e. The minimum absolute atomic E-state index is 0.0945. The SMILES string of the molecule is CNC(=O)Cc1ccc(NC(=O)CCS(=O)(=O)c2ccccc2)cc1. The van der Waals surface area contributed by atoms with Gasteiger partial charge in [0.1, 0.15) is 0 Å². The van der Waals surface area contributed by atoms with Crippen molar-refractivity contribution in [2.24, 2.45) is 0 Å². The van der Waals surface area contributed by atoms with Crippen LogP contribution >= 0.6 is 0 Å². The fraction of sp³-hybridized carbons (Fsp3) is 0.222. The van der Waals surface area contributed by atoms with Gasteiger partial charge in [-0.3, -0.25) is 9.59 Å². The molecule has 6 nitrogen and oxygen atoms in total. The van der Waals surface area contributed by atoms with E-state index < -0.39 is 9.84 Å². The molecule has 0 spiro atoms. The summed E-state index contributed by atoms with van der Waals surface area (Å²) >= 11 is 0. The Morgan fingerprint density at radius 1 is 0.920 bits per heavy atom. The maximum atomic E-state index is 12.1. The Morgan fingerprint density at radius 2 is 1.56 bits per heavy atom. The van der Waals surface area contributed by atoms with Crippen molar-refractivity contribution in [3.63, 3.8) is 0 Å². The first-order chi connectivity index (χ1) is 11.9.